The summed E-state index contributed by atoms with van der Waals surface area (Å²) in [6.07, 6.45) is 0.710. The zero-order valence-electron chi connectivity index (χ0n) is 6.45. The first-order valence-electron chi connectivity index (χ1n) is 3.32. The second-order valence-electron chi connectivity index (χ2n) is 2.24. The van der Waals surface area contributed by atoms with E-state index in [-0.39, 0.29) is 0 Å². The Balaban J connectivity index is 3.00. The van der Waals surface area contributed by atoms with Gasteiger partial charge in [0, 0.05) is 0 Å². The highest BCUT2D eigenvalue weighted by molar-refractivity contribution is 8.90. The molecule has 0 amide bonds. The molecule has 0 aliphatic rings. The van der Waals surface area contributed by atoms with Crippen LogP contribution in [0.25, 0.3) is 0 Å². The molecule has 0 aliphatic heterocycles. The van der Waals surface area contributed by atoms with Gasteiger partial charge in [-0.05, 0) is 23.9 Å². The minimum absolute atomic E-state index is 0.436. The zero-order valence-corrected chi connectivity index (χ0v) is 9.95. The summed E-state index contributed by atoms with van der Waals surface area (Å²) < 4.78 is 2.88. The van der Waals surface area contributed by atoms with Gasteiger partial charge in [0.15, 0.2) is 6.29 Å². The lowest BCUT2D eigenvalue weighted by molar-refractivity contribution is 0.112. The number of rotatable bonds is 3. The fourth-order valence-corrected chi connectivity index (χ4v) is 1.98. The Hall–Kier alpha value is 0.0400. The number of carbonyl (C=O) groups is 1. The van der Waals surface area contributed by atoms with Crippen LogP contribution in [0.2, 0.25) is 0 Å². The summed E-state index contributed by atoms with van der Waals surface area (Å²) in [5.74, 6) is 0.436. The van der Waals surface area contributed by atoms with Gasteiger partial charge in [0.25, 0.3) is 0 Å². The van der Waals surface area contributed by atoms with Gasteiger partial charge in [0.05, 0.1) is 5.56 Å². The maximum Gasteiger partial charge on any atom is 0.216 e. The predicted octanol–water partition coefficient (Wildman–Crippen LogP) is 2.96. The molecule has 13 heavy (non-hydrogen) atoms. The molecule has 1 aromatic rings. The van der Waals surface area contributed by atoms with Gasteiger partial charge >= 0.3 is 0 Å². The second kappa shape index (κ2) is 4.51. The van der Waals surface area contributed by atoms with Crippen molar-refractivity contribution in [1.82, 2.24) is 0 Å². The zero-order chi connectivity index (χ0) is 9.90. The standard InChI is InChI=1S/C7H7O2PS3/c8-5-6-3-1-2-4-7(6)9-10(11,12)13/h1-5H,(H2,11,12,13). The minimum atomic E-state index is -2.36. The van der Waals surface area contributed by atoms with Crippen LogP contribution in [0.1, 0.15) is 10.4 Å². The van der Waals surface area contributed by atoms with Gasteiger partial charge in [0.1, 0.15) is 5.75 Å². The minimum Gasteiger partial charge on any atom is -0.448 e. The van der Waals surface area contributed by atoms with E-state index in [1.54, 1.807) is 24.3 Å². The van der Waals surface area contributed by atoms with Crippen molar-refractivity contribution in [2.75, 3.05) is 0 Å². The van der Waals surface area contributed by atoms with E-state index in [2.05, 4.69) is 24.5 Å². The van der Waals surface area contributed by atoms with Gasteiger partial charge in [0.2, 0.25) is 4.67 Å². The van der Waals surface area contributed by atoms with Crippen LogP contribution in [0.5, 0.6) is 5.75 Å². The summed E-state index contributed by atoms with van der Waals surface area (Å²) in [4.78, 5) is 10.6. The van der Waals surface area contributed by atoms with Crippen molar-refractivity contribution in [3.8, 4) is 5.75 Å². The molecule has 0 heterocycles. The average Bonchev–Trinajstić information content (AvgIpc) is 2.02. The largest absolute Gasteiger partial charge is 0.448 e. The van der Waals surface area contributed by atoms with Crippen molar-refractivity contribution >= 4 is 47.3 Å². The molecule has 6 heteroatoms. The van der Waals surface area contributed by atoms with Gasteiger partial charge in [-0.2, -0.15) is 0 Å². The van der Waals surface area contributed by atoms with Gasteiger partial charge < -0.3 is 4.52 Å². The highest BCUT2D eigenvalue weighted by Crippen LogP contribution is 2.56. The van der Waals surface area contributed by atoms with Crippen molar-refractivity contribution in [2.45, 2.75) is 0 Å². The fraction of sp³-hybridized carbons (Fsp3) is 0. The maximum atomic E-state index is 10.6. The molecule has 0 unspecified atom stereocenters. The Morgan fingerprint density at radius 3 is 2.54 bits per heavy atom. The number of para-hydroxylation sites is 1. The van der Waals surface area contributed by atoms with Crippen molar-refractivity contribution in [2.24, 2.45) is 0 Å². The van der Waals surface area contributed by atoms with Gasteiger partial charge in [-0.1, -0.05) is 36.6 Å². The maximum absolute atomic E-state index is 10.6. The lowest BCUT2D eigenvalue weighted by atomic mass is 10.2. The molecular formula is C7H7O2PS3. The Morgan fingerprint density at radius 1 is 1.38 bits per heavy atom. The molecule has 1 aromatic carbocycles. The van der Waals surface area contributed by atoms with Crippen LogP contribution in [0, 0.1) is 0 Å². The summed E-state index contributed by atoms with van der Waals surface area (Å²) in [5, 5.41) is 0. The summed E-state index contributed by atoms with van der Waals surface area (Å²) in [5.41, 5.74) is 0.458. The molecule has 0 bridgehead atoms. The first-order valence-corrected chi connectivity index (χ1v) is 8.35. The van der Waals surface area contributed by atoms with Gasteiger partial charge in [-0.3, -0.25) is 4.79 Å². The molecule has 0 radical (unpaired) electrons. The number of thiol groups is 2. The Bertz CT molecular complexity index is 361. The number of hydrogen-bond acceptors (Lipinski definition) is 3. The number of aldehydes is 1. The van der Waals surface area contributed by atoms with Crippen LogP contribution in [0.15, 0.2) is 24.3 Å². The lowest BCUT2D eigenvalue weighted by Crippen LogP contribution is -1.88. The molecule has 0 aliphatic carbocycles. The Kier molecular flexibility index (Phi) is 3.86. The molecule has 1 rings (SSSR count). The normalized spacial score (nSPS) is 10.9. The quantitative estimate of drug-likeness (QED) is 0.490. The molecule has 0 N–H and O–H groups in total. The number of carbonyl (C=O) groups excluding carboxylic acids is 1. The van der Waals surface area contributed by atoms with Gasteiger partial charge in [-0.25, -0.2) is 0 Å². The van der Waals surface area contributed by atoms with Crippen molar-refractivity contribution in [3.63, 3.8) is 0 Å². The number of hydrogen-bond donors (Lipinski definition) is 2. The Morgan fingerprint density at radius 2 is 2.00 bits per heavy atom. The SMILES string of the molecule is O=Cc1ccccc1OP(=S)(S)S. The summed E-state index contributed by atoms with van der Waals surface area (Å²) in [7, 11) is 0. The van der Waals surface area contributed by atoms with E-state index < -0.39 is 4.67 Å². The van der Waals surface area contributed by atoms with Crippen LogP contribution in [-0.4, -0.2) is 6.29 Å². The van der Waals surface area contributed by atoms with E-state index in [0.29, 0.717) is 17.6 Å². The van der Waals surface area contributed by atoms with Crippen molar-refractivity contribution in [3.05, 3.63) is 29.8 Å². The van der Waals surface area contributed by atoms with E-state index >= 15 is 0 Å². The van der Waals surface area contributed by atoms with Crippen molar-refractivity contribution < 1.29 is 9.32 Å². The van der Waals surface area contributed by atoms with Crippen LogP contribution in [-0.2, 0) is 11.8 Å². The smallest absolute Gasteiger partial charge is 0.216 e. The first-order chi connectivity index (χ1) is 6.03. The number of benzene rings is 1. The molecule has 0 atom stereocenters. The molecule has 2 nitrogen and oxygen atoms in total. The molecule has 70 valence electrons. The second-order valence-corrected chi connectivity index (χ2v) is 10.9. The third-order valence-corrected chi connectivity index (χ3v) is 2.41. The predicted molar refractivity (Wildman–Crippen MR) is 64.7 cm³/mol. The van der Waals surface area contributed by atoms with Gasteiger partial charge in [-0.15, -0.1) is 0 Å². The first kappa shape index (κ1) is 11.1. The highest BCUT2D eigenvalue weighted by atomic mass is 33.2. The van der Waals surface area contributed by atoms with E-state index in [1.807, 2.05) is 0 Å². The fourth-order valence-electron chi connectivity index (χ4n) is 0.789. The van der Waals surface area contributed by atoms with Crippen LogP contribution in [0.3, 0.4) is 0 Å². The third kappa shape index (κ3) is 3.73. The summed E-state index contributed by atoms with van der Waals surface area (Å²) in [6, 6.07) is 6.82. The third-order valence-electron chi connectivity index (χ3n) is 1.26. The van der Waals surface area contributed by atoms with Crippen LogP contribution >= 0.6 is 29.2 Å². The highest BCUT2D eigenvalue weighted by Gasteiger charge is 2.09. The van der Waals surface area contributed by atoms with Crippen LogP contribution in [0.4, 0.5) is 0 Å². The van der Waals surface area contributed by atoms with E-state index in [4.69, 9.17) is 16.3 Å². The monoisotopic (exact) mass is 250 g/mol. The topological polar surface area (TPSA) is 26.3 Å². The van der Waals surface area contributed by atoms with Crippen LogP contribution < -0.4 is 4.52 Å². The lowest BCUT2D eigenvalue weighted by Gasteiger charge is -2.12. The average molecular weight is 250 g/mol. The molecule has 0 saturated carbocycles. The van der Waals surface area contributed by atoms with Crippen molar-refractivity contribution in [1.29, 1.82) is 0 Å². The summed E-state index contributed by atoms with van der Waals surface area (Å²) >= 11 is 12.9. The van der Waals surface area contributed by atoms with E-state index in [9.17, 15) is 4.79 Å². The molecule has 0 aromatic heterocycles. The molecule has 0 fully saturated rings. The van der Waals surface area contributed by atoms with E-state index in [0.717, 1.165) is 0 Å². The molecular weight excluding hydrogens is 243 g/mol. The Labute approximate surface area is 92.1 Å². The van der Waals surface area contributed by atoms with E-state index in [1.165, 1.54) is 0 Å². The molecule has 0 saturated heterocycles. The molecule has 0 spiro atoms. The summed E-state index contributed by atoms with van der Waals surface area (Å²) in [6.45, 7) is 0.